The van der Waals surface area contributed by atoms with E-state index in [1.807, 2.05) is 0 Å². The Balaban J connectivity index is 2.21. The molecule has 1 aromatic rings. The van der Waals surface area contributed by atoms with Crippen molar-refractivity contribution >= 4 is 15.9 Å². The first-order chi connectivity index (χ1) is 8.04. The van der Waals surface area contributed by atoms with Crippen molar-refractivity contribution in [1.29, 1.82) is 0 Å². The van der Waals surface area contributed by atoms with E-state index in [-0.39, 0.29) is 16.8 Å². The molecule has 0 radical (unpaired) electrons. The van der Waals surface area contributed by atoms with Gasteiger partial charge in [0.25, 0.3) is 15.9 Å². The molecular formula is C10H14N2O4S. The average molecular weight is 258 g/mol. The summed E-state index contributed by atoms with van der Waals surface area (Å²) in [5.41, 5.74) is 0. The summed E-state index contributed by atoms with van der Waals surface area (Å²) in [5.74, 6) is -0.180. The third kappa shape index (κ3) is 2.34. The maximum Gasteiger partial charge on any atom is 0.289 e. The van der Waals surface area contributed by atoms with Crippen molar-refractivity contribution in [2.45, 2.75) is 17.9 Å². The van der Waals surface area contributed by atoms with E-state index in [4.69, 9.17) is 4.42 Å². The smallest absolute Gasteiger partial charge is 0.289 e. The van der Waals surface area contributed by atoms with Crippen LogP contribution in [0.3, 0.4) is 0 Å². The van der Waals surface area contributed by atoms with E-state index in [1.165, 1.54) is 19.2 Å². The minimum absolute atomic E-state index is 0.0701. The maximum absolute atomic E-state index is 11.9. The van der Waals surface area contributed by atoms with Crippen LogP contribution in [-0.4, -0.2) is 39.4 Å². The molecular weight excluding hydrogens is 244 g/mol. The Kier molecular flexibility index (Phi) is 3.21. The monoisotopic (exact) mass is 258 g/mol. The van der Waals surface area contributed by atoms with E-state index in [2.05, 4.69) is 4.72 Å². The molecule has 7 heteroatoms. The van der Waals surface area contributed by atoms with Gasteiger partial charge in [0.1, 0.15) is 0 Å². The second kappa shape index (κ2) is 4.50. The highest BCUT2D eigenvalue weighted by atomic mass is 32.2. The second-order valence-electron chi connectivity index (χ2n) is 3.83. The van der Waals surface area contributed by atoms with Crippen LogP contribution in [0.1, 0.15) is 23.4 Å². The third-order valence-electron chi connectivity index (χ3n) is 2.72. The Morgan fingerprint density at radius 2 is 2.00 bits per heavy atom. The number of furan rings is 1. The first-order valence-corrected chi connectivity index (χ1v) is 6.85. The SMILES string of the molecule is CNS(=O)(=O)c1ccc(C(=O)N2CCCC2)o1. The van der Waals surface area contributed by atoms with Crippen LogP contribution in [0.4, 0.5) is 0 Å². The number of hydrogen-bond donors (Lipinski definition) is 1. The first-order valence-electron chi connectivity index (χ1n) is 5.37. The predicted molar refractivity (Wildman–Crippen MR) is 60.1 cm³/mol. The molecule has 0 unspecified atom stereocenters. The summed E-state index contributed by atoms with van der Waals surface area (Å²) in [6.07, 6.45) is 1.96. The van der Waals surface area contributed by atoms with Gasteiger partial charge in [-0.1, -0.05) is 0 Å². The van der Waals surface area contributed by atoms with Gasteiger partial charge in [0, 0.05) is 13.1 Å². The van der Waals surface area contributed by atoms with Crippen molar-refractivity contribution in [3.63, 3.8) is 0 Å². The van der Waals surface area contributed by atoms with Crippen LogP contribution >= 0.6 is 0 Å². The lowest BCUT2D eigenvalue weighted by Crippen LogP contribution is -2.27. The molecule has 6 nitrogen and oxygen atoms in total. The van der Waals surface area contributed by atoms with E-state index in [0.717, 1.165) is 12.8 Å². The van der Waals surface area contributed by atoms with Gasteiger partial charge in [-0.3, -0.25) is 4.79 Å². The number of likely N-dealkylation sites (tertiary alicyclic amines) is 1. The lowest BCUT2D eigenvalue weighted by molar-refractivity contribution is 0.0755. The van der Waals surface area contributed by atoms with Crippen LogP contribution < -0.4 is 4.72 Å². The minimum Gasteiger partial charge on any atom is -0.438 e. The predicted octanol–water partition coefficient (Wildman–Crippen LogP) is 0.424. The fourth-order valence-corrected chi connectivity index (χ4v) is 2.40. The Labute approximate surface area is 99.6 Å². The fourth-order valence-electron chi connectivity index (χ4n) is 1.76. The van der Waals surface area contributed by atoms with Crippen molar-refractivity contribution in [3.05, 3.63) is 17.9 Å². The topological polar surface area (TPSA) is 79.6 Å². The summed E-state index contributed by atoms with van der Waals surface area (Å²) in [4.78, 5) is 13.6. The van der Waals surface area contributed by atoms with Crippen LogP contribution in [0.5, 0.6) is 0 Å². The summed E-state index contributed by atoms with van der Waals surface area (Å²) in [6, 6.07) is 2.68. The molecule has 1 N–H and O–H groups in total. The number of sulfonamides is 1. The standard InChI is InChI=1S/C10H14N2O4S/c1-11-17(14,15)9-5-4-8(16-9)10(13)12-6-2-3-7-12/h4-5,11H,2-3,6-7H2,1H3. The molecule has 0 aromatic carbocycles. The Morgan fingerprint density at radius 1 is 1.35 bits per heavy atom. The molecule has 0 bridgehead atoms. The maximum atomic E-state index is 11.9. The lowest BCUT2D eigenvalue weighted by atomic mass is 10.4. The highest BCUT2D eigenvalue weighted by Gasteiger charge is 2.24. The van der Waals surface area contributed by atoms with Crippen LogP contribution in [0, 0.1) is 0 Å². The number of nitrogens with one attached hydrogen (secondary N) is 1. The number of rotatable bonds is 3. The van der Waals surface area contributed by atoms with E-state index in [9.17, 15) is 13.2 Å². The molecule has 94 valence electrons. The van der Waals surface area contributed by atoms with Crippen LogP contribution in [0.25, 0.3) is 0 Å². The lowest BCUT2D eigenvalue weighted by Gasteiger charge is -2.12. The number of carbonyl (C=O) groups excluding carboxylic acids is 1. The molecule has 0 aliphatic carbocycles. The molecule has 1 aromatic heterocycles. The molecule has 2 heterocycles. The quantitative estimate of drug-likeness (QED) is 0.852. The zero-order chi connectivity index (χ0) is 12.5. The highest BCUT2D eigenvalue weighted by Crippen LogP contribution is 2.17. The zero-order valence-electron chi connectivity index (χ0n) is 9.47. The van der Waals surface area contributed by atoms with Crippen LogP contribution in [0.2, 0.25) is 0 Å². The summed E-state index contributed by atoms with van der Waals surface area (Å²) in [5, 5.41) is -0.234. The first kappa shape index (κ1) is 12.1. The summed E-state index contributed by atoms with van der Waals surface area (Å²) >= 11 is 0. The second-order valence-corrected chi connectivity index (χ2v) is 5.64. The van der Waals surface area contributed by atoms with Crippen LogP contribution in [0.15, 0.2) is 21.6 Å². The van der Waals surface area contributed by atoms with Gasteiger partial charge in [-0.2, -0.15) is 0 Å². The Morgan fingerprint density at radius 3 is 2.59 bits per heavy atom. The molecule has 0 atom stereocenters. The van der Waals surface area contributed by atoms with Gasteiger partial charge in [0.2, 0.25) is 5.09 Å². The van der Waals surface area contributed by atoms with Crippen molar-refractivity contribution in [2.24, 2.45) is 0 Å². The molecule has 1 aliphatic rings. The molecule has 17 heavy (non-hydrogen) atoms. The zero-order valence-corrected chi connectivity index (χ0v) is 10.3. The van der Waals surface area contributed by atoms with Gasteiger partial charge < -0.3 is 9.32 Å². The third-order valence-corrected chi connectivity index (χ3v) is 4.01. The van der Waals surface area contributed by atoms with Gasteiger partial charge >= 0.3 is 0 Å². The van der Waals surface area contributed by atoms with Gasteiger partial charge in [-0.25, -0.2) is 13.1 Å². The molecule has 1 fully saturated rings. The van der Waals surface area contributed by atoms with Crippen molar-refractivity contribution in [1.82, 2.24) is 9.62 Å². The molecule has 2 rings (SSSR count). The molecule has 1 amide bonds. The Hall–Kier alpha value is -1.34. The normalized spacial score (nSPS) is 16.4. The molecule has 0 spiro atoms. The summed E-state index contributed by atoms with van der Waals surface area (Å²) in [6.45, 7) is 1.40. The Bertz CT molecular complexity index is 514. The number of hydrogen-bond acceptors (Lipinski definition) is 4. The van der Waals surface area contributed by atoms with Gasteiger partial charge in [-0.15, -0.1) is 0 Å². The number of nitrogens with zero attached hydrogens (tertiary/aromatic N) is 1. The number of carbonyl (C=O) groups is 1. The summed E-state index contributed by atoms with van der Waals surface area (Å²) < 4.78 is 30.1. The number of amides is 1. The average Bonchev–Trinajstić information content (AvgIpc) is 2.99. The molecule has 0 saturated carbocycles. The van der Waals surface area contributed by atoms with E-state index < -0.39 is 10.0 Å². The van der Waals surface area contributed by atoms with Crippen molar-refractivity contribution < 1.29 is 17.6 Å². The minimum atomic E-state index is -3.62. The van der Waals surface area contributed by atoms with E-state index >= 15 is 0 Å². The fraction of sp³-hybridized carbons (Fsp3) is 0.500. The largest absolute Gasteiger partial charge is 0.438 e. The van der Waals surface area contributed by atoms with Gasteiger partial charge in [0.15, 0.2) is 5.76 Å². The van der Waals surface area contributed by atoms with Crippen molar-refractivity contribution in [3.8, 4) is 0 Å². The van der Waals surface area contributed by atoms with E-state index in [0.29, 0.717) is 13.1 Å². The highest BCUT2D eigenvalue weighted by molar-refractivity contribution is 7.89. The van der Waals surface area contributed by atoms with Gasteiger partial charge in [0.05, 0.1) is 0 Å². The summed E-state index contributed by atoms with van der Waals surface area (Å²) in [7, 11) is -2.33. The van der Waals surface area contributed by atoms with Crippen LogP contribution in [-0.2, 0) is 10.0 Å². The van der Waals surface area contributed by atoms with E-state index in [1.54, 1.807) is 4.90 Å². The molecule has 1 saturated heterocycles. The van der Waals surface area contributed by atoms with Crippen molar-refractivity contribution in [2.75, 3.05) is 20.1 Å². The van der Waals surface area contributed by atoms with Gasteiger partial charge in [-0.05, 0) is 32.0 Å². The molecule has 1 aliphatic heterocycles.